The third-order valence-corrected chi connectivity index (χ3v) is 3.94. The quantitative estimate of drug-likeness (QED) is 0.875. The van der Waals surface area contributed by atoms with Gasteiger partial charge in [-0.25, -0.2) is 0 Å². The van der Waals surface area contributed by atoms with Gasteiger partial charge < -0.3 is 5.32 Å². The molecule has 0 saturated heterocycles. The largest absolute Gasteiger partial charge is 0.312 e. The van der Waals surface area contributed by atoms with Crippen molar-refractivity contribution >= 4 is 15.9 Å². The second kappa shape index (κ2) is 4.27. The van der Waals surface area contributed by atoms with Crippen molar-refractivity contribution in [1.82, 2.24) is 15.1 Å². The third kappa shape index (κ3) is 1.81. The van der Waals surface area contributed by atoms with Crippen LogP contribution in [-0.4, -0.2) is 16.3 Å². The molecular weight excluding hydrogens is 278 g/mol. The van der Waals surface area contributed by atoms with Gasteiger partial charge in [0.05, 0.1) is 5.69 Å². The molecule has 0 bridgehead atoms. The maximum Gasteiger partial charge on any atom is 0.0982 e. The summed E-state index contributed by atoms with van der Waals surface area (Å²) in [6.45, 7) is 1.96. The Morgan fingerprint density at radius 3 is 3.00 bits per heavy atom. The molecule has 88 valence electrons. The molecule has 1 N–H and O–H groups in total. The van der Waals surface area contributed by atoms with Crippen LogP contribution < -0.4 is 5.32 Å². The van der Waals surface area contributed by atoms with Gasteiger partial charge in [0.2, 0.25) is 0 Å². The summed E-state index contributed by atoms with van der Waals surface area (Å²) in [5.74, 6) is 0. The Morgan fingerprint density at radius 1 is 1.35 bits per heavy atom. The normalized spacial score (nSPS) is 14.7. The number of hydrogen-bond donors (Lipinski definition) is 1. The van der Waals surface area contributed by atoms with Gasteiger partial charge in [0.1, 0.15) is 0 Å². The van der Waals surface area contributed by atoms with E-state index < -0.39 is 0 Å². The van der Waals surface area contributed by atoms with Gasteiger partial charge in [-0.3, -0.25) is 4.68 Å². The molecule has 1 aromatic carbocycles. The van der Waals surface area contributed by atoms with Crippen molar-refractivity contribution in [2.24, 2.45) is 7.05 Å². The molecule has 0 aliphatic carbocycles. The molecule has 0 amide bonds. The van der Waals surface area contributed by atoms with E-state index in [1.54, 1.807) is 0 Å². The molecule has 1 aromatic heterocycles. The first-order chi connectivity index (χ1) is 8.27. The van der Waals surface area contributed by atoms with Gasteiger partial charge >= 0.3 is 0 Å². The van der Waals surface area contributed by atoms with Crippen molar-refractivity contribution in [2.45, 2.75) is 13.0 Å². The highest BCUT2D eigenvalue weighted by Crippen LogP contribution is 2.32. The van der Waals surface area contributed by atoms with E-state index in [-0.39, 0.29) is 0 Å². The second-order valence-corrected chi connectivity index (χ2v) is 5.16. The van der Waals surface area contributed by atoms with E-state index in [0.717, 1.165) is 29.7 Å². The van der Waals surface area contributed by atoms with Crippen LogP contribution in [-0.2, 0) is 20.0 Å². The number of nitrogens with zero attached hydrogens (tertiary/aromatic N) is 2. The van der Waals surface area contributed by atoms with Crippen LogP contribution >= 0.6 is 15.9 Å². The summed E-state index contributed by atoms with van der Waals surface area (Å²) in [5.41, 5.74) is 4.97. The lowest BCUT2D eigenvalue weighted by Crippen LogP contribution is -2.24. The van der Waals surface area contributed by atoms with Crippen LogP contribution in [0.3, 0.4) is 0 Å². The van der Waals surface area contributed by atoms with Gasteiger partial charge in [0, 0.05) is 47.9 Å². The predicted octanol–water partition coefficient (Wildman–Crippen LogP) is 2.50. The van der Waals surface area contributed by atoms with Crippen molar-refractivity contribution < 1.29 is 0 Å². The fraction of sp³-hybridized carbons (Fsp3) is 0.308. The molecule has 1 aliphatic rings. The summed E-state index contributed by atoms with van der Waals surface area (Å²) < 4.78 is 3.12. The monoisotopic (exact) mass is 291 g/mol. The summed E-state index contributed by atoms with van der Waals surface area (Å²) in [4.78, 5) is 0. The van der Waals surface area contributed by atoms with Crippen molar-refractivity contribution in [3.63, 3.8) is 0 Å². The second-order valence-electron chi connectivity index (χ2n) is 4.30. The first-order valence-electron chi connectivity index (χ1n) is 5.77. The van der Waals surface area contributed by atoms with Crippen LogP contribution in [0.25, 0.3) is 11.3 Å². The Balaban J connectivity index is 2.19. The first-order valence-corrected chi connectivity index (χ1v) is 6.57. The molecule has 4 heteroatoms. The minimum Gasteiger partial charge on any atom is -0.312 e. The standard InChI is InChI=1S/C13H14BrN3/c1-17-12-6-7-15-8-10(12)13(16-17)9-4-2-3-5-11(9)14/h2-5,15H,6-8H2,1H3. The molecule has 0 spiro atoms. The van der Waals surface area contributed by atoms with E-state index >= 15 is 0 Å². The molecule has 2 aromatic rings. The van der Waals surface area contributed by atoms with E-state index in [4.69, 9.17) is 0 Å². The average Bonchev–Trinajstić information content (AvgIpc) is 2.68. The summed E-state index contributed by atoms with van der Waals surface area (Å²) in [7, 11) is 2.03. The molecule has 0 unspecified atom stereocenters. The third-order valence-electron chi connectivity index (χ3n) is 3.24. The number of fused-ring (bicyclic) bond motifs is 1. The highest BCUT2D eigenvalue weighted by molar-refractivity contribution is 9.10. The molecule has 17 heavy (non-hydrogen) atoms. The highest BCUT2D eigenvalue weighted by atomic mass is 79.9. The number of hydrogen-bond acceptors (Lipinski definition) is 2. The molecule has 3 rings (SSSR count). The zero-order valence-corrected chi connectivity index (χ0v) is 11.3. The maximum absolute atomic E-state index is 4.67. The van der Waals surface area contributed by atoms with Crippen LogP contribution in [0.15, 0.2) is 28.7 Å². The SMILES string of the molecule is Cn1nc(-c2ccccc2Br)c2c1CCNC2. The number of halogens is 1. The van der Waals surface area contributed by atoms with Crippen molar-refractivity contribution in [1.29, 1.82) is 0 Å². The predicted molar refractivity (Wildman–Crippen MR) is 71.8 cm³/mol. The number of rotatable bonds is 1. The molecule has 1 aliphatic heterocycles. The minimum absolute atomic E-state index is 0.917. The maximum atomic E-state index is 4.67. The molecule has 3 nitrogen and oxygen atoms in total. The molecule has 0 radical (unpaired) electrons. The molecule has 0 atom stereocenters. The van der Waals surface area contributed by atoms with E-state index in [0.29, 0.717) is 0 Å². The summed E-state index contributed by atoms with van der Waals surface area (Å²) in [6.07, 6.45) is 1.06. The highest BCUT2D eigenvalue weighted by Gasteiger charge is 2.20. The van der Waals surface area contributed by atoms with Crippen molar-refractivity contribution in [2.75, 3.05) is 6.54 Å². The molecule has 0 saturated carbocycles. The van der Waals surface area contributed by atoms with Gasteiger partial charge in [-0.1, -0.05) is 34.1 Å². The Bertz CT molecular complexity index is 560. The van der Waals surface area contributed by atoms with Crippen molar-refractivity contribution in [3.05, 3.63) is 40.0 Å². The lowest BCUT2D eigenvalue weighted by atomic mass is 10.0. The summed E-state index contributed by atoms with van der Waals surface area (Å²) in [6, 6.07) is 8.26. The average molecular weight is 292 g/mol. The van der Waals surface area contributed by atoms with Gasteiger partial charge in [-0.15, -0.1) is 0 Å². The van der Waals surface area contributed by atoms with Gasteiger partial charge in [0.25, 0.3) is 0 Å². The van der Waals surface area contributed by atoms with E-state index in [9.17, 15) is 0 Å². The van der Waals surface area contributed by atoms with Crippen LogP contribution in [0.4, 0.5) is 0 Å². The topological polar surface area (TPSA) is 29.9 Å². The summed E-state index contributed by atoms with van der Waals surface area (Å²) >= 11 is 3.60. The number of aryl methyl sites for hydroxylation is 1. The van der Waals surface area contributed by atoms with E-state index in [2.05, 4.69) is 44.5 Å². The molecule has 2 heterocycles. The Labute approximate surface area is 109 Å². The lowest BCUT2D eigenvalue weighted by molar-refractivity contribution is 0.604. The van der Waals surface area contributed by atoms with Gasteiger partial charge in [-0.2, -0.15) is 5.10 Å². The van der Waals surface area contributed by atoms with E-state index in [1.807, 2.05) is 17.8 Å². The first kappa shape index (κ1) is 11.0. The van der Waals surface area contributed by atoms with Crippen LogP contribution in [0.2, 0.25) is 0 Å². The van der Waals surface area contributed by atoms with Crippen LogP contribution in [0.1, 0.15) is 11.3 Å². The zero-order valence-electron chi connectivity index (χ0n) is 9.70. The zero-order chi connectivity index (χ0) is 11.8. The fourth-order valence-electron chi connectivity index (χ4n) is 2.39. The van der Waals surface area contributed by atoms with Crippen LogP contribution in [0.5, 0.6) is 0 Å². The van der Waals surface area contributed by atoms with E-state index in [1.165, 1.54) is 16.8 Å². The molecular formula is C13H14BrN3. The minimum atomic E-state index is 0.917. The Morgan fingerprint density at radius 2 is 2.18 bits per heavy atom. The lowest BCUT2D eigenvalue weighted by Gasteiger charge is -2.14. The number of nitrogens with one attached hydrogen (secondary N) is 1. The van der Waals surface area contributed by atoms with Crippen LogP contribution in [0, 0.1) is 0 Å². The smallest absolute Gasteiger partial charge is 0.0982 e. The van der Waals surface area contributed by atoms with Gasteiger partial charge in [0.15, 0.2) is 0 Å². The van der Waals surface area contributed by atoms with Gasteiger partial charge in [-0.05, 0) is 6.07 Å². The number of aromatic nitrogens is 2. The Kier molecular flexibility index (Phi) is 2.76. The summed E-state index contributed by atoms with van der Waals surface area (Å²) in [5, 5.41) is 8.09. The molecule has 0 fully saturated rings. The number of benzene rings is 1. The van der Waals surface area contributed by atoms with Crippen molar-refractivity contribution in [3.8, 4) is 11.3 Å². The Hall–Kier alpha value is -1.13. The fourth-order valence-corrected chi connectivity index (χ4v) is 2.86.